The number of aromatic hydroxyl groups is 2. The summed E-state index contributed by atoms with van der Waals surface area (Å²) in [4.78, 5) is 78.0. The van der Waals surface area contributed by atoms with Gasteiger partial charge in [-0.05, 0) is 123 Å². The van der Waals surface area contributed by atoms with Crippen LogP contribution in [0.25, 0.3) is 89.2 Å². The van der Waals surface area contributed by atoms with Crippen LogP contribution < -0.4 is 4.74 Å². The molecule has 0 amide bonds. The summed E-state index contributed by atoms with van der Waals surface area (Å²) in [5, 5.41) is 40.1. The molecule has 0 radical (unpaired) electrons. The van der Waals surface area contributed by atoms with E-state index in [1.54, 1.807) is 12.1 Å². The summed E-state index contributed by atoms with van der Waals surface area (Å²) in [6, 6.07) is 41.6. The SMILES string of the molecule is C=CC(=O)OCCCC(CO)CO.C=CC(=O)OCCCCOc1ccc(C(=O)OS(C)(=O)=O)cc1.CS(=O)(=O)Cl.Cc1ccc(C=O)c2cc(-c3ccc(-c4cc5c(C=O)ccc(C)c5o4)cc3)oc12.O=Cc1ccc(O)c2oc(-c3ccc(-c4cc5c(C=O)ccc(O)c5o4)cc3)cc12. The van der Waals surface area contributed by atoms with E-state index in [-0.39, 0.29) is 47.4 Å². The summed E-state index contributed by atoms with van der Waals surface area (Å²) >= 11 is 0. The van der Waals surface area contributed by atoms with E-state index in [4.69, 9.17) is 42.1 Å². The molecule has 26 heteroatoms. The van der Waals surface area contributed by atoms with Crippen LogP contribution in [0.1, 0.15) is 88.6 Å². The van der Waals surface area contributed by atoms with E-state index >= 15 is 0 Å². The predicted molar refractivity (Wildman–Crippen MR) is 379 cm³/mol. The first-order valence-electron chi connectivity index (χ1n) is 30.7. The first kappa shape index (κ1) is 77.1. The zero-order chi connectivity index (χ0) is 73.6. The van der Waals surface area contributed by atoms with Crippen LogP contribution in [0.4, 0.5) is 0 Å². The molecule has 0 aliphatic carbocycles. The average Bonchev–Trinajstić information content (AvgIpc) is 1.66. The molecule has 11 aromatic rings. The lowest BCUT2D eigenvalue weighted by molar-refractivity contribution is -0.138. The van der Waals surface area contributed by atoms with Crippen LogP contribution in [0.3, 0.4) is 0 Å². The van der Waals surface area contributed by atoms with Gasteiger partial charge in [0, 0.05) is 108 Å². The van der Waals surface area contributed by atoms with Crippen molar-refractivity contribution in [2.45, 2.75) is 39.5 Å². The number of unbranched alkanes of at least 4 members (excludes halogenated alkanes) is 1. The van der Waals surface area contributed by atoms with Gasteiger partial charge < -0.3 is 56.5 Å². The Morgan fingerprint density at radius 1 is 0.485 bits per heavy atom. The summed E-state index contributed by atoms with van der Waals surface area (Å²) in [5.41, 5.74) is 9.47. The maximum atomic E-state index is 11.5. The van der Waals surface area contributed by atoms with Gasteiger partial charge in [0.1, 0.15) is 40.0 Å². The highest BCUT2D eigenvalue weighted by Crippen LogP contribution is 2.39. The molecular weight excluding hydrogens is 1370 g/mol. The normalized spacial score (nSPS) is 11.0. The second kappa shape index (κ2) is 36.0. The Balaban J connectivity index is 0.000000191. The molecule has 11 rings (SSSR count). The van der Waals surface area contributed by atoms with Gasteiger partial charge >= 0.3 is 28.0 Å². The number of aliphatic hydroxyl groups excluding tert-OH is 2. The molecule has 7 aromatic carbocycles. The van der Waals surface area contributed by atoms with Gasteiger partial charge in [0.05, 0.1) is 37.9 Å². The number of benzene rings is 7. The molecule has 23 nitrogen and oxygen atoms in total. The van der Waals surface area contributed by atoms with Crippen molar-refractivity contribution in [2.75, 3.05) is 45.5 Å². The second-order valence-electron chi connectivity index (χ2n) is 22.3. The molecule has 0 aliphatic rings. The lowest BCUT2D eigenvalue weighted by Crippen LogP contribution is -2.12. The summed E-state index contributed by atoms with van der Waals surface area (Å²) in [6.07, 6.45) is 9.70. The Hall–Kier alpha value is -11.2. The highest BCUT2D eigenvalue weighted by Gasteiger charge is 2.19. The van der Waals surface area contributed by atoms with Crippen molar-refractivity contribution >= 4 is 117 Å². The number of phenols is 2. The average molecular weight is 1440 g/mol. The van der Waals surface area contributed by atoms with Gasteiger partial charge in [-0.25, -0.2) is 22.8 Å². The molecule has 0 unspecified atom stereocenters. The summed E-state index contributed by atoms with van der Waals surface area (Å²) in [6.45, 7) is 11.4. The fourth-order valence-electron chi connectivity index (χ4n) is 9.74. The number of hydrogen-bond acceptors (Lipinski definition) is 23. The molecule has 4 heterocycles. The number of carbonyl (C=O) groups excluding carboxylic acids is 7. The fraction of sp³-hybridized carbons (Fsp3) is 0.187. The van der Waals surface area contributed by atoms with Gasteiger partial charge in [-0.3, -0.25) is 19.2 Å². The van der Waals surface area contributed by atoms with Crippen LogP contribution in [0.5, 0.6) is 17.2 Å². The molecule has 0 saturated carbocycles. The number of halogens is 1. The van der Waals surface area contributed by atoms with E-state index in [1.165, 1.54) is 48.5 Å². The van der Waals surface area contributed by atoms with E-state index in [1.807, 2.05) is 98.8 Å². The zero-order valence-electron chi connectivity index (χ0n) is 54.9. The van der Waals surface area contributed by atoms with Gasteiger partial charge in [0.15, 0.2) is 47.8 Å². The Morgan fingerprint density at radius 3 is 1.15 bits per heavy atom. The minimum atomic E-state index is -3.84. The van der Waals surface area contributed by atoms with Gasteiger partial charge in [0.2, 0.25) is 9.05 Å². The predicted octanol–water partition coefficient (Wildman–Crippen LogP) is 14.3. The number of esters is 2. The number of carbonyl (C=O) groups is 7. The van der Waals surface area contributed by atoms with Crippen molar-refractivity contribution in [3.05, 3.63) is 210 Å². The molecule has 0 aliphatic heterocycles. The number of furan rings is 4. The third-order valence-corrected chi connectivity index (χ3v) is 15.3. The smallest absolute Gasteiger partial charge is 0.353 e. The van der Waals surface area contributed by atoms with Crippen LogP contribution in [-0.2, 0) is 42.4 Å². The molecule has 4 N–H and O–H groups in total. The van der Waals surface area contributed by atoms with Crippen molar-refractivity contribution in [2.24, 2.45) is 5.92 Å². The molecule has 526 valence electrons. The first-order chi connectivity index (χ1) is 48.2. The quantitative estimate of drug-likeness (QED) is 0.0109. The van der Waals surface area contributed by atoms with E-state index < -0.39 is 37.1 Å². The Labute approximate surface area is 583 Å². The number of phenolic OH excluding ortho intramolecular Hbond substituents is 2. The van der Waals surface area contributed by atoms with E-state index in [2.05, 4.69) is 28.0 Å². The van der Waals surface area contributed by atoms with Gasteiger partial charge in [-0.2, -0.15) is 8.42 Å². The maximum absolute atomic E-state index is 11.5. The third-order valence-electron chi connectivity index (χ3n) is 14.9. The number of aldehydes is 4. The fourth-order valence-corrected chi connectivity index (χ4v) is 10.1. The van der Waals surface area contributed by atoms with Crippen molar-refractivity contribution in [3.63, 3.8) is 0 Å². The third kappa shape index (κ3) is 21.6. The van der Waals surface area contributed by atoms with E-state index in [0.717, 1.165) is 105 Å². The van der Waals surface area contributed by atoms with E-state index in [0.29, 0.717) is 107 Å². The zero-order valence-corrected chi connectivity index (χ0v) is 57.3. The first-order valence-corrected chi connectivity index (χ1v) is 35.2. The van der Waals surface area contributed by atoms with Crippen LogP contribution in [0.2, 0.25) is 0 Å². The Kier molecular flexibility index (Phi) is 27.5. The Morgan fingerprint density at radius 2 is 0.812 bits per heavy atom. The number of aliphatic hydroxyl groups is 2. The van der Waals surface area contributed by atoms with Gasteiger partial charge in [-0.1, -0.05) is 86.0 Å². The number of hydrogen-bond donors (Lipinski definition) is 4. The van der Waals surface area contributed by atoms with Crippen molar-refractivity contribution in [1.82, 2.24) is 0 Å². The summed E-state index contributed by atoms with van der Waals surface area (Å²) in [7, 11) is -2.53. The van der Waals surface area contributed by atoms with Crippen LogP contribution in [0, 0.1) is 19.8 Å². The van der Waals surface area contributed by atoms with E-state index in [9.17, 15) is 60.6 Å². The standard InChI is InChI=1S/C26H18O4.C24H14O6.C15H18O7S.C9H16O4.CH3ClO2S/c1-15-3-5-19(13-27)21-11-23(29-25(15)21)17-7-9-18(10-8-17)24-12-22-20(14-28)6-4-16(2)26(22)30-24;25-11-15-5-7-19(27)23-17(15)9-21(29-23)13-1-2-14(4-3-13)22-10-18-16(12-26)6-8-20(28)24(18)30-22;1-3-14(16)21-11-5-4-10-20-13-8-6-12(7-9-13)15(17)22-23(2,18)19;1-2-9(12)13-5-3-4-8(6-10)7-11;1-5(2,3)4/h3-14H,1-2H3;1-12,27-28H;3,6-9H,1,4-5,10-11H2,2H3;2,8,10-11H,1,3-7H2;1H3. The van der Waals surface area contributed by atoms with Crippen LogP contribution >= 0.6 is 10.7 Å². The summed E-state index contributed by atoms with van der Waals surface area (Å²) < 4.78 is 83.4. The molecule has 0 fully saturated rings. The molecule has 0 atom stereocenters. The van der Waals surface area contributed by atoms with Crippen LogP contribution in [-0.4, -0.2) is 126 Å². The summed E-state index contributed by atoms with van der Waals surface area (Å²) in [5.74, 6) is 0.938. The van der Waals surface area contributed by atoms with Crippen molar-refractivity contribution in [3.8, 4) is 62.5 Å². The van der Waals surface area contributed by atoms with Crippen LogP contribution in [0.15, 0.2) is 189 Å². The number of aryl methyl sites for hydroxylation is 2. The topological polar surface area (TPSA) is 358 Å². The highest BCUT2D eigenvalue weighted by atomic mass is 35.7. The lowest BCUT2D eigenvalue weighted by atomic mass is 10.0. The molecule has 101 heavy (non-hydrogen) atoms. The highest BCUT2D eigenvalue weighted by molar-refractivity contribution is 8.13. The second-order valence-corrected chi connectivity index (χ2v) is 26.9. The monoisotopic (exact) mass is 1440 g/mol. The van der Waals surface area contributed by atoms with Crippen molar-refractivity contribution in [1.29, 1.82) is 0 Å². The van der Waals surface area contributed by atoms with Gasteiger partial charge in [-0.15, -0.1) is 0 Å². The molecule has 4 aromatic heterocycles. The Bertz CT molecular complexity index is 4560. The molecule has 0 bridgehead atoms. The maximum Gasteiger partial charge on any atom is 0.353 e. The molecular formula is C75H69ClO23S2. The number of ether oxygens (including phenoxy) is 3. The molecule has 0 spiro atoms. The largest absolute Gasteiger partial charge is 0.504 e. The van der Waals surface area contributed by atoms with Gasteiger partial charge in [0.25, 0.3) is 0 Å². The lowest BCUT2D eigenvalue weighted by Gasteiger charge is -2.09. The number of rotatable bonds is 24. The minimum Gasteiger partial charge on any atom is -0.504 e. The minimum absolute atomic E-state index is 0.0356. The number of fused-ring (bicyclic) bond motifs is 4. The van der Waals surface area contributed by atoms with Crippen molar-refractivity contribution < 1.29 is 107 Å². The molecule has 0 saturated heterocycles.